The Morgan fingerprint density at radius 3 is 2.94 bits per heavy atom. The molecule has 4 heteroatoms. The minimum absolute atomic E-state index is 0.217. The lowest BCUT2D eigenvalue weighted by atomic mass is 10.2. The van der Waals surface area contributed by atoms with Gasteiger partial charge in [-0.1, -0.05) is 6.92 Å². The average Bonchev–Trinajstić information content (AvgIpc) is 2.95. The van der Waals surface area contributed by atoms with Crippen LogP contribution in [-0.4, -0.2) is 12.5 Å². The monoisotopic (exact) mass is 285 g/mol. The molecule has 0 bridgehead atoms. The van der Waals surface area contributed by atoms with Crippen molar-refractivity contribution in [3.8, 4) is 0 Å². The van der Waals surface area contributed by atoms with Gasteiger partial charge in [-0.15, -0.1) is 0 Å². The highest BCUT2D eigenvalue weighted by molar-refractivity contribution is 9.10. The number of benzene rings is 1. The van der Waals surface area contributed by atoms with E-state index >= 15 is 0 Å². The predicted molar refractivity (Wildman–Crippen MR) is 63.7 cm³/mol. The molecule has 0 heterocycles. The lowest BCUT2D eigenvalue weighted by molar-refractivity contribution is 0.0950. The SMILES string of the molecule is CC1CC1CNC(=O)c1cc(F)ccc1Br. The van der Waals surface area contributed by atoms with Gasteiger partial charge in [0.1, 0.15) is 5.82 Å². The third kappa shape index (κ3) is 2.61. The van der Waals surface area contributed by atoms with Crippen LogP contribution >= 0.6 is 15.9 Å². The summed E-state index contributed by atoms with van der Waals surface area (Å²) >= 11 is 3.24. The highest BCUT2D eigenvalue weighted by Gasteiger charge is 2.32. The molecule has 1 aliphatic carbocycles. The summed E-state index contributed by atoms with van der Waals surface area (Å²) in [4.78, 5) is 11.7. The zero-order chi connectivity index (χ0) is 11.7. The number of amides is 1. The molecule has 2 nitrogen and oxygen atoms in total. The summed E-state index contributed by atoms with van der Waals surface area (Å²) in [6, 6.07) is 4.11. The first-order valence-corrected chi connectivity index (χ1v) is 6.10. The average molecular weight is 286 g/mol. The van der Waals surface area contributed by atoms with Gasteiger partial charge >= 0.3 is 0 Å². The summed E-state index contributed by atoms with van der Waals surface area (Å²) in [5.41, 5.74) is 0.355. The molecule has 2 rings (SSSR count). The van der Waals surface area contributed by atoms with Crippen LogP contribution in [0.4, 0.5) is 4.39 Å². The van der Waals surface area contributed by atoms with Gasteiger partial charge in [-0.05, 0) is 52.4 Å². The van der Waals surface area contributed by atoms with Crippen LogP contribution in [0.5, 0.6) is 0 Å². The minimum atomic E-state index is -0.395. The van der Waals surface area contributed by atoms with Gasteiger partial charge in [0.15, 0.2) is 0 Å². The van der Waals surface area contributed by atoms with Crippen molar-refractivity contribution in [3.05, 3.63) is 34.1 Å². The third-order valence-electron chi connectivity index (χ3n) is 2.97. The topological polar surface area (TPSA) is 29.1 Å². The quantitative estimate of drug-likeness (QED) is 0.909. The summed E-state index contributed by atoms with van der Waals surface area (Å²) in [6.07, 6.45) is 1.17. The Morgan fingerprint density at radius 1 is 1.62 bits per heavy atom. The first kappa shape index (κ1) is 11.6. The van der Waals surface area contributed by atoms with E-state index in [2.05, 4.69) is 28.2 Å². The van der Waals surface area contributed by atoms with E-state index in [1.807, 2.05) is 0 Å². The first-order chi connectivity index (χ1) is 7.58. The van der Waals surface area contributed by atoms with E-state index in [1.54, 1.807) is 6.07 Å². The molecule has 1 aliphatic rings. The minimum Gasteiger partial charge on any atom is -0.352 e. The zero-order valence-electron chi connectivity index (χ0n) is 8.97. The Labute approximate surface area is 102 Å². The molecule has 2 atom stereocenters. The molecule has 1 amide bonds. The summed E-state index contributed by atoms with van der Waals surface area (Å²) in [6.45, 7) is 2.85. The van der Waals surface area contributed by atoms with Crippen molar-refractivity contribution in [2.24, 2.45) is 11.8 Å². The van der Waals surface area contributed by atoms with Crippen molar-refractivity contribution in [1.82, 2.24) is 5.32 Å². The van der Waals surface area contributed by atoms with E-state index in [0.717, 1.165) is 0 Å². The maximum Gasteiger partial charge on any atom is 0.252 e. The van der Waals surface area contributed by atoms with Crippen molar-refractivity contribution in [2.45, 2.75) is 13.3 Å². The lowest BCUT2D eigenvalue weighted by Gasteiger charge is -2.06. The van der Waals surface area contributed by atoms with E-state index in [-0.39, 0.29) is 5.91 Å². The second-order valence-electron chi connectivity index (χ2n) is 4.31. The second kappa shape index (κ2) is 4.53. The van der Waals surface area contributed by atoms with E-state index in [1.165, 1.54) is 18.6 Å². The van der Waals surface area contributed by atoms with Gasteiger partial charge in [-0.2, -0.15) is 0 Å². The molecule has 16 heavy (non-hydrogen) atoms. The second-order valence-corrected chi connectivity index (χ2v) is 5.16. The number of hydrogen-bond acceptors (Lipinski definition) is 1. The third-order valence-corrected chi connectivity index (χ3v) is 3.67. The maximum absolute atomic E-state index is 13.0. The van der Waals surface area contributed by atoms with Gasteiger partial charge < -0.3 is 5.32 Å². The summed E-state index contributed by atoms with van der Waals surface area (Å²) in [5.74, 6) is 0.686. The van der Waals surface area contributed by atoms with Gasteiger partial charge in [-0.25, -0.2) is 4.39 Å². The molecule has 1 aromatic rings. The number of carbonyl (C=O) groups excluding carboxylic acids is 1. The molecule has 1 fully saturated rings. The normalized spacial score (nSPS) is 22.9. The van der Waals surface area contributed by atoms with Crippen molar-refractivity contribution in [1.29, 1.82) is 0 Å². The molecule has 0 saturated heterocycles. The number of rotatable bonds is 3. The Kier molecular flexibility index (Phi) is 3.28. The molecule has 1 saturated carbocycles. The smallest absolute Gasteiger partial charge is 0.252 e. The van der Waals surface area contributed by atoms with Crippen molar-refractivity contribution in [3.63, 3.8) is 0 Å². The summed E-state index contributed by atoms with van der Waals surface area (Å²) in [5, 5.41) is 2.82. The van der Waals surface area contributed by atoms with Crippen molar-refractivity contribution >= 4 is 21.8 Å². The molecule has 0 spiro atoms. The van der Waals surface area contributed by atoms with Crippen LogP contribution in [0, 0.1) is 17.7 Å². The van der Waals surface area contributed by atoms with Gasteiger partial charge in [-0.3, -0.25) is 4.79 Å². The molecule has 0 radical (unpaired) electrons. The van der Waals surface area contributed by atoms with Crippen LogP contribution in [0.3, 0.4) is 0 Å². The maximum atomic E-state index is 13.0. The van der Waals surface area contributed by atoms with Crippen molar-refractivity contribution in [2.75, 3.05) is 6.54 Å². The fourth-order valence-electron chi connectivity index (χ4n) is 1.67. The largest absolute Gasteiger partial charge is 0.352 e. The molecule has 2 unspecified atom stereocenters. The van der Waals surface area contributed by atoms with Crippen LogP contribution in [-0.2, 0) is 0 Å². The number of nitrogens with one attached hydrogen (secondary N) is 1. The lowest BCUT2D eigenvalue weighted by Crippen LogP contribution is -2.26. The Balaban J connectivity index is 1.99. The Bertz CT molecular complexity index is 421. The Morgan fingerprint density at radius 2 is 2.31 bits per heavy atom. The number of carbonyl (C=O) groups is 1. The van der Waals surface area contributed by atoms with E-state index < -0.39 is 5.82 Å². The van der Waals surface area contributed by atoms with Crippen LogP contribution in [0.15, 0.2) is 22.7 Å². The molecule has 0 aromatic heterocycles. The standard InChI is InChI=1S/C12H13BrFNO/c1-7-4-8(7)6-15-12(16)10-5-9(14)2-3-11(10)13/h2-3,5,7-8H,4,6H2,1H3,(H,15,16). The Hall–Kier alpha value is -0.900. The number of hydrogen-bond donors (Lipinski definition) is 1. The predicted octanol–water partition coefficient (Wildman–Crippen LogP) is 2.97. The number of halogens is 2. The van der Waals surface area contributed by atoms with E-state index in [9.17, 15) is 9.18 Å². The molecule has 1 N–H and O–H groups in total. The fraction of sp³-hybridized carbons (Fsp3) is 0.417. The van der Waals surface area contributed by atoms with E-state index in [0.29, 0.717) is 28.4 Å². The van der Waals surface area contributed by atoms with Gasteiger partial charge in [0.05, 0.1) is 5.56 Å². The van der Waals surface area contributed by atoms with Crippen LogP contribution < -0.4 is 5.32 Å². The molecule has 0 aliphatic heterocycles. The zero-order valence-corrected chi connectivity index (χ0v) is 10.6. The van der Waals surface area contributed by atoms with E-state index in [4.69, 9.17) is 0 Å². The van der Waals surface area contributed by atoms with Gasteiger partial charge in [0.25, 0.3) is 5.91 Å². The van der Waals surface area contributed by atoms with Gasteiger partial charge in [0, 0.05) is 11.0 Å². The molecular formula is C12H13BrFNO. The highest BCUT2D eigenvalue weighted by Crippen LogP contribution is 2.36. The van der Waals surface area contributed by atoms with Crippen LogP contribution in [0.25, 0.3) is 0 Å². The highest BCUT2D eigenvalue weighted by atomic mass is 79.9. The molecule has 86 valence electrons. The van der Waals surface area contributed by atoms with Crippen molar-refractivity contribution < 1.29 is 9.18 Å². The first-order valence-electron chi connectivity index (χ1n) is 5.31. The van der Waals surface area contributed by atoms with Crippen LogP contribution in [0.2, 0.25) is 0 Å². The molecular weight excluding hydrogens is 273 g/mol. The van der Waals surface area contributed by atoms with Crippen LogP contribution in [0.1, 0.15) is 23.7 Å². The summed E-state index contributed by atoms with van der Waals surface area (Å²) in [7, 11) is 0. The molecule has 1 aromatic carbocycles. The van der Waals surface area contributed by atoms with Gasteiger partial charge in [0.2, 0.25) is 0 Å². The summed E-state index contributed by atoms with van der Waals surface area (Å²) < 4.78 is 13.6. The fourth-order valence-corrected chi connectivity index (χ4v) is 2.10.